The second-order valence-electron chi connectivity index (χ2n) is 10.0. The van der Waals surface area contributed by atoms with Crippen LogP contribution >= 0.6 is 0 Å². The minimum Gasteiger partial charge on any atom is -0.370 e. The number of rotatable bonds is 9. The highest BCUT2D eigenvalue weighted by atomic mass is 19.4. The van der Waals surface area contributed by atoms with Crippen molar-refractivity contribution in [1.82, 2.24) is 36.3 Å². The number of halogens is 3. The first-order valence-corrected chi connectivity index (χ1v) is 14.0. The fraction of sp³-hybridized carbons (Fsp3) is 0.708. The average molecular weight is 618 g/mol. The van der Waals surface area contributed by atoms with Gasteiger partial charge in [-0.2, -0.15) is 13.2 Å². The number of hydrogen-bond acceptors (Lipinski definition) is 9. The first-order chi connectivity index (χ1) is 20.4. The Morgan fingerprint density at radius 3 is 2.21 bits per heavy atom. The number of hydrogen-bond donors (Lipinski definition) is 8. The lowest BCUT2D eigenvalue weighted by Crippen LogP contribution is -2.56. The highest BCUT2D eigenvalue weighted by molar-refractivity contribution is 5.95. The SMILES string of the molecule is NC(N)=NCCC[C@@H]1NCCn2cc(nn2)CNCCCC[C@@H](C(=O)C(F)(F)F)NC(=O)[C@H](CCCN=C(N)N)NC1=O. The van der Waals surface area contributed by atoms with E-state index in [-0.39, 0.29) is 57.1 Å². The minimum absolute atomic E-state index is 0.00629. The Balaban J connectivity index is 2.30. The van der Waals surface area contributed by atoms with Crippen LogP contribution in [0.3, 0.4) is 0 Å². The second-order valence-corrected chi connectivity index (χ2v) is 10.0. The molecule has 0 saturated heterocycles. The van der Waals surface area contributed by atoms with Gasteiger partial charge < -0.3 is 44.2 Å². The molecule has 0 saturated carbocycles. The molecular formula is C24H42F3N13O3. The van der Waals surface area contributed by atoms with Crippen molar-refractivity contribution in [1.29, 1.82) is 0 Å². The van der Waals surface area contributed by atoms with Crippen LogP contribution in [0.2, 0.25) is 0 Å². The van der Waals surface area contributed by atoms with Crippen LogP contribution in [0, 0.1) is 0 Å². The van der Waals surface area contributed by atoms with Crippen molar-refractivity contribution in [2.75, 3.05) is 26.2 Å². The lowest BCUT2D eigenvalue weighted by Gasteiger charge is -2.25. The minimum atomic E-state index is -5.16. The van der Waals surface area contributed by atoms with Gasteiger partial charge >= 0.3 is 6.18 Å². The zero-order valence-electron chi connectivity index (χ0n) is 23.9. The molecule has 1 aliphatic rings. The van der Waals surface area contributed by atoms with Crippen molar-refractivity contribution in [3.63, 3.8) is 0 Å². The van der Waals surface area contributed by atoms with E-state index in [0.29, 0.717) is 44.7 Å². The average Bonchev–Trinajstić information content (AvgIpc) is 3.38. The van der Waals surface area contributed by atoms with Crippen molar-refractivity contribution in [3.05, 3.63) is 11.9 Å². The van der Waals surface area contributed by atoms with Gasteiger partial charge in [-0.1, -0.05) is 5.21 Å². The molecule has 2 bridgehead atoms. The quantitative estimate of drug-likeness (QED) is 0.0831. The number of aliphatic imine (C=N–C) groups is 2. The van der Waals surface area contributed by atoms with E-state index in [9.17, 15) is 27.6 Å². The van der Waals surface area contributed by atoms with Gasteiger partial charge in [0.15, 0.2) is 11.9 Å². The van der Waals surface area contributed by atoms with Crippen molar-refractivity contribution < 1.29 is 27.6 Å². The van der Waals surface area contributed by atoms with Crippen LogP contribution in [0.1, 0.15) is 50.6 Å². The first kappa shape index (κ1) is 35.2. The molecule has 16 nitrogen and oxygen atoms in total. The normalized spacial score (nSPS) is 21.3. The number of nitrogens with one attached hydrogen (secondary N) is 4. The van der Waals surface area contributed by atoms with E-state index in [1.165, 1.54) is 0 Å². The van der Waals surface area contributed by atoms with Gasteiger partial charge in [-0.15, -0.1) is 5.10 Å². The van der Waals surface area contributed by atoms with Gasteiger partial charge in [-0.25, -0.2) is 0 Å². The second kappa shape index (κ2) is 17.8. The van der Waals surface area contributed by atoms with Crippen molar-refractivity contribution in [2.24, 2.45) is 32.9 Å². The molecule has 19 heteroatoms. The number of carbonyl (C=O) groups is 3. The van der Waals surface area contributed by atoms with Gasteiger partial charge in [0.05, 0.1) is 24.3 Å². The fourth-order valence-electron chi connectivity index (χ4n) is 4.31. The molecule has 2 amide bonds. The third-order valence-corrected chi connectivity index (χ3v) is 6.47. The maximum absolute atomic E-state index is 13.4. The number of nitrogens with zero attached hydrogens (tertiary/aromatic N) is 5. The van der Waals surface area contributed by atoms with Gasteiger partial charge in [0.25, 0.3) is 5.78 Å². The number of carbonyl (C=O) groups excluding carboxylic acids is 3. The molecule has 2 rings (SSSR count). The largest absolute Gasteiger partial charge is 0.452 e. The maximum atomic E-state index is 13.4. The molecule has 12 N–H and O–H groups in total. The Kier molecular flexibility index (Phi) is 14.6. The van der Waals surface area contributed by atoms with Crippen LogP contribution in [0.25, 0.3) is 0 Å². The third kappa shape index (κ3) is 13.7. The Hall–Kier alpha value is -4.00. The summed E-state index contributed by atoms with van der Waals surface area (Å²) in [5, 5.41) is 19.3. The summed E-state index contributed by atoms with van der Waals surface area (Å²) in [6, 6.07) is -3.91. The summed E-state index contributed by atoms with van der Waals surface area (Å²) in [5.74, 6) is -3.85. The van der Waals surface area contributed by atoms with Crippen molar-refractivity contribution in [2.45, 2.75) is 82.3 Å². The van der Waals surface area contributed by atoms with Gasteiger partial charge in [0, 0.05) is 32.4 Å². The maximum Gasteiger partial charge on any atom is 0.452 e. The molecule has 1 aromatic rings. The number of amides is 2. The number of alkyl halides is 3. The van der Waals surface area contributed by atoms with E-state index in [4.69, 9.17) is 22.9 Å². The van der Waals surface area contributed by atoms with Gasteiger partial charge in [0.1, 0.15) is 6.04 Å². The molecule has 242 valence electrons. The molecule has 1 aromatic heterocycles. The molecule has 0 aromatic carbocycles. The summed E-state index contributed by atoms with van der Waals surface area (Å²) in [4.78, 5) is 46.6. The smallest absolute Gasteiger partial charge is 0.370 e. The number of ketones is 1. The molecule has 0 spiro atoms. The van der Waals surface area contributed by atoms with Gasteiger partial charge in [0.2, 0.25) is 11.8 Å². The predicted molar refractivity (Wildman–Crippen MR) is 152 cm³/mol. The number of nitrogens with two attached hydrogens (primary N) is 4. The van der Waals surface area contributed by atoms with Crippen LogP contribution in [0.15, 0.2) is 16.2 Å². The van der Waals surface area contributed by atoms with Crippen LogP contribution < -0.4 is 44.2 Å². The Labute approximate surface area is 247 Å². The lowest BCUT2D eigenvalue weighted by atomic mass is 10.0. The van der Waals surface area contributed by atoms with E-state index in [2.05, 4.69) is 41.6 Å². The number of Topliss-reactive ketones (excluding diaryl/α,β-unsaturated/α-hetero) is 1. The van der Waals surface area contributed by atoms with E-state index in [1.807, 2.05) is 0 Å². The Morgan fingerprint density at radius 1 is 0.953 bits per heavy atom. The zero-order valence-corrected chi connectivity index (χ0v) is 23.9. The standard InChI is InChI=1S/C24H42F3N13O3/c25-24(26,27)19(41)16-5-1-2-8-32-13-15-14-40(39-38-15)12-11-33-17(6-3-9-34-22(28)29)20(42)37-18(21(43)36-16)7-4-10-35-23(30)31/h14,16-18,32-33H,1-13H2,(H,36,43)(H,37,42)(H4,28,29,34)(H4,30,31,35)/t16-,17-,18-/m0/s1. The van der Waals surface area contributed by atoms with E-state index in [0.717, 1.165) is 0 Å². The molecule has 43 heavy (non-hydrogen) atoms. The van der Waals surface area contributed by atoms with Crippen molar-refractivity contribution in [3.8, 4) is 0 Å². The molecule has 0 unspecified atom stereocenters. The van der Waals surface area contributed by atoms with E-state index < -0.39 is 41.9 Å². The summed E-state index contributed by atoms with van der Waals surface area (Å²) in [6.45, 7) is 1.87. The Bertz CT molecular complexity index is 1100. The summed E-state index contributed by atoms with van der Waals surface area (Å²) < 4.78 is 41.8. The van der Waals surface area contributed by atoms with Gasteiger partial charge in [-0.3, -0.25) is 29.1 Å². The monoisotopic (exact) mass is 617 g/mol. The van der Waals surface area contributed by atoms with Crippen LogP contribution in [-0.4, -0.2) is 95.0 Å². The zero-order chi connectivity index (χ0) is 31.8. The summed E-state index contributed by atoms with van der Waals surface area (Å²) in [6.07, 6.45) is -2.11. The third-order valence-electron chi connectivity index (χ3n) is 6.47. The van der Waals surface area contributed by atoms with E-state index >= 15 is 0 Å². The lowest BCUT2D eigenvalue weighted by molar-refractivity contribution is -0.174. The number of aromatic nitrogens is 3. The van der Waals surface area contributed by atoms with Crippen LogP contribution in [0.4, 0.5) is 13.2 Å². The molecule has 3 atom stereocenters. The predicted octanol–water partition coefficient (Wildman–Crippen LogP) is -2.28. The molecule has 2 heterocycles. The molecule has 0 fully saturated rings. The first-order valence-electron chi connectivity index (χ1n) is 14.0. The summed E-state index contributed by atoms with van der Waals surface area (Å²) >= 11 is 0. The van der Waals surface area contributed by atoms with Crippen LogP contribution in [-0.2, 0) is 27.5 Å². The fourth-order valence-corrected chi connectivity index (χ4v) is 4.31. The highest BCUT2D eigenvalue weighted by Gasteiger charge is 2.44. The summed E-state index contributed by atoms with van der Waals surface area (Å²) in [5.41, 5.74) is 22.1. The molecule has 0 aliphatic carbocycles. The number of guanidine groups is 2. The molecule has 1 aliphatic heterocycles. The molecular weight excluding hydrogens is 575 g/mol. The van der Waals surface area contributed by atoms with Gasteiger partial charge in [-0.05, 0) is 51.5 Å². The van der Waals surface area contributed by atoms with Crippen LogP contribution in [0.5, 0.6) is 0 Å². The molecule has 0 radical (unpaired) electrons. The topological polar surface area (TPSA) is 259 Å². The Morgan fingerprint density at radius 2 is 1.58 bits per heavy atom. The highest BCUT2D eigenvalue weighted by Crippen LogP contribution is 2.20. The number of fused-ring (bicyclic) bond motifs is 2. The van der Waals surface area contributed by atoms with E-state index in [1.54, 1.807) is 10.9 Å². The van der Waals surface area contributed by atoms with Crippen molar-refractivity contribution >= 4 is 29.5 Å². The summed E-state index contributed by atoms with van der Waals surface area (Å²) in [7, 11) is 0.